The van der Waals surface area contributed by atoms with E-state index in [4.69, 9.17) is 18.9 Å². The summed E-state index contributed by atoms with van der Waals surface area (Å²) in [6.45, 7) is 2.93. The number of aryl methyl sites for hydroxylation is 1. The van der Waals surface area contributed by atoms with Crippen LogP contribution in [-0.2, 0) is 20.9 Å². The minimum absolute atomic E-state index is 0.105. The Morgan fingerprint density at radius 1 is 1.03 bits per heavy atom. The van der Waals surface area contributed by atoms with Crippen LogP contribution in [0.3, 0.4) is 0 Å². The second kappa shape index (κ2) is 11.0. The molecule has 3 aromatic carbocycles. The van der Waals surface area contributed by atoms with Gasteiger partial charge in [0, 0.05) is 0 Å². The van der Waals surface area contributed by atoms with E-state index in [1.54, 1.807) is 13.0 Å². The molecule has 7 heteroatoms. The summed E-state index contributed by atoms with van der Waals surface area (Å²) in [5.41, 5.74) is 1.22. The van der Waals surface area contributed by atoms with Gasteiger partial charge < -0.3 is 18.9 Å². The molecule has 0 spiro atoms. The molecule has 6 nitrogen and oxygen atoms in total. The summed E-state index contributed by atoms with van der Waals surface area (Å²) < 4.78 is 34.4. The number of hydrogen-bond acceptors (Lipinski definition) is 6. The minimum atomic E-state index is -1.05. The summed E-state index contributed by atoms with van der Waals surface area (Å²) in [4.78, 5) is 25.2. The molecule has 0 atom stereocenters. The lowest BCUT2D eigenvalue weighted by Gasteiger charge is -2.35. The van der Waals surface area contributed by atoms with Gasteiger partial charge in [-0.05, 0) is 73.6 Å². The van der Waals surface area contributed by atoms with Crippen molar-refractivity contribution >= 4 is 22.7 Å². The number of carbonyl (C=O) groups excluding carboxylic acids is 2. The van der Waals surface area contributed by atoms with Gasteiger partial charge >= 0.3 is 11.9 Å². The Hall–Kier alpha value is -3.61. The van der Waals surface area contributed by atoms with E-state index >= 15 is 0 Å². The van der Waals surface area contributed by atoms with Crippen molar-refractivity contribution < 1.29 is 32.9 Å². The summed E-state index contributed by atoms with van der Waals surface area (Å²) in [5, 5.41) is 2.20. The first-order chi connectivity index (χ1) is 17.3. The van der Waals surface area contributed by atoms with E-state index in [9.17, 15) is 14.0 Å². The quantitative estimate of drug-likeness (QED) is 0.342. The highest BCUT2D eigenvalue weighted by atomic mass is 19.1. The number of hydrogen-bond donors (Lipinski definition) is 0. The molecule has 1 aliphatic carbocycles. The van der Waals surface area contributed by atoms with Crippen LogP contribution in [0.5, 0.6) is 11.5 Å². The van der Waals surface area contributed by atoms with Gasteiger partial charge in [-0.3, -0.25) is 4.79 Å². The molecule has 0 heterocycles. The first kappa shape index (κ1) is 25.5. The molecule has 0 aromatic heterocycles. The fraction of sp³-hybridized carbons (Fsp3) is 0.379. The number of rotatable bonds is 8. The Morgan fingerprint density at radius 3 is 2.47 bits per heavy atom. The minimum Gasteiger partial charge on any atom is -0.490 e. The normalized spacial score (nSPS) is 19.5. The first-order valence-corrected chi connectivity index (χ1v) is 12.1. The number of halogens is 1. The highest BCUT2D eigenvalue weighted by molar-refractivity contribution is 5.93. The number of alkyl halides is 1. The van der Waals surface area contributed by atoms with E-state index < -0.39 is 18.2 Å². The van der Waals surface area contributed by atoms with Gasteiger partial charge in [-0.15, -0.1) is 0 Å². The molecule has 36 heavy (non-hydrogen) atoms. The van der Waals surface area contributed by atoms with Crippen LogP contribution in [-0.4, -0.2) is 32.0 Å². The van der Waals surface area contributed by atoms with Gasteiger partial charge in [0.15, 0.2) is 0 Å². The molecule has 3 aromatic rings. The molecule has 1 aliphatic rings. The third-order valence-electron chi connectivity index (χ3n) is 6.95. The van der Waals surface area contributed by atoms with E-state index in [2.05, 4.69) is 0 Å². The zero-order valence-electron chi connectivity index (χ0n) is 20.8. The predicted octanol–water partition coefficient (Wildman–Crippen LogP) is 6.31. The summed E-state index contributed by atoms with van der Waals surface area (Å²) in [6.07, 6.45) is 2.45. The van der Waals surface area contributed by atoms with Crippen molar-refractivity contribution in [1.82, 2.24) is 0 Å². The van der Waals surface area contributed by atoms with E-state index in [0.717, 1.165) is 16.3 Å². The van der Waals surface area contributed by atoms with E-state index in [1.165, 1.54) is 13.2 Å². The third kappa shape index (κ3) is 5.45. The fourth-order valence-corrected chi connectivity index (χ4v) is 4.70. The predicted molar refractivity (Wildman–Crippen MR) is 134 cm³/mol. The number of methoxy groups -OCH3 is 1. The van der Waals surface area contributed by atoms with Crippen LogP contribution >= 0.6 is 0 Å². The SMILES string of the molecule is COC(=O)c1cc(O[C@H]2CC[C@@](C)(C(=O)OCc3cccc4ccccc34)CC2)c(C)cc1OCF. The maximum Gasteiger partial charge on any atom is 0.341 e. The lowest BCUT2D eigenvalue weighted by molar-refractivity contribution is -0.159. The van der Waals surface area contributed by atoms with Gasteiger partial charge in [-0.1, -0.05) is 42.5 Å². The Kier molecular flexibility index (Phi) is 7.77. The molecule has 0 radical (unpaired) electrons. The van der Waals surface area contributed by atoms with Crippen molar-refractivity contribution in [3.8, 4) is 11.5 Å². The monoisotopic (exact) mass is 494 g/mol. The zero-order chi connectivity index (χ0) is 25.7. The van der Waals surface area contributed by atoms with Crippen LogP contribution in [0.1, 0.15) is 54.1 Å². The first-order valence-electron chi connectivity index (χ1n) is 12.1. The third-order valence-corrected chi connectivity index (χ3v) is 6.95. The molecule has 0 aliphatic heterocycles. The Labute approximate surface area is 210 Å². The van der Waals surface area contributed by atoms with Crippen molar-refractivity contribution in [3.05, 3.63) is 71.3 Å². The maximum absolute atomic E-state index is 13.0. The van der Waals surface area contributed by atoms with Crippen LogP contribution in [0.4, 0.5) is 4.39 Å². The standard InChI is InChI=1S/C29H31FO6/c1-19-15-26(35-18-30)24(27(31)33-3)16-25(19)36-22-11-13-29(2,14-12-22)28(32)34-17-21-9-6-8-20-7-4-5-10-23(20)21/h4-10,15-16,22H,11-14,17-18H2,1-3H3/t22-,29+. The number of fused-ring (bicyclic) bond motifs is 1. The summed E-state index contributed by atoms with van der Waals surface area (Å²) in [7, 11) is 1.25. The van der Waals surface area contributed by atoms with Gasteiger partial charge in [0.05, 0.1) is 18.6 Å². The lowest BCUT2D eigenvalue weighted by Crippen LogP contribution is -2.37. The molecule has 1 saturated carbocycles. The van der Waals surface area contributed by atoms with E-state index in [1.807, 2.05) is 49.4 Å². The topological polar surface area (TPSA) is 71.1 Å². The average Bonchev–Trinajstić information content (AvgIpc) is 2.89. The van der Waals surface area contributed by atoms with Crippen molar-refractivity contribution in [2.45, 2.75) is 52.2 Å². The molecule has 190 valence electrons. The second-order valence-electron chi connectivity index (χ2n) is 9.45. The van der Waals surface area contributed by atoms with Crippen LogP contribution in [0.25, 0.3) is 10.8 Å². The molecular formula is C29H31FO6. The largest absolute Gasteiger partial charge is 0.490 e. The van der Waals surface area contributed by atoms with Crippen molar-refractivity contribution in [2.24, 2.45) is 5.41 Å². The van der Waals surface area contributed by atoms with Crippen molar-refractivity contribution in [1.29, 1.82) is 0 Å². The van der Waals surface area contributed by atoms with Crippen LogP contribution in [0, 0.1) is 12.3 Å². The van der Waals surface area contributed by atoms with Crippen LogP contribution < -0.4 is 9.47 Å². The van der Waals surface area contributed by atoms with Crippen molar-refractivity contribution in [2.75, 3.05) is 14.0 Å². The molecule has 0 bridgehead atoms. The molecule has 0 amide bonds. The number of benzene rings is 3. The summed E-state index contributed by atoms with van der Waals surface area (Å²) >= 11 is 0. The van der Waals surface area contributed by atoms with Gasteiger partial charge in [0.1, 0.15) is 23.7 Å². The Bertz CT molecular complexity index is 1240. The number of ether oxygens (including phenoxy) is 4. The summed E-state index contributed by atoms with van der Waals surface area (Å²) in [5.74, 6) is -0.215. The average molecular weight is 495 g/mol. The van der Waals surface area contributed by atoms with Gasteiger partial charge in [0.2, 0.25) is 6.86 Å². The molecule has 0 saturated heterocycles. The highest BCUT2D eigenvalue weighted by Crippen LogP contribution is 2.40. The van der Waals surface area contributed by atoms with Gasteiger partial charge in [0.25, 0.3) is 0 Å². The Balaban J connectivity index is 1.38. The summed E-state index contributed by atoms with van der Waals surface area (Å²) in [6, 6.07) is 17.1. The molecule has 4 rings (SSSR count). The smallest absolute Gasteiger partial charge is 0.341 e. The zero-order valence-corrected chi connectivity index (χ0v) is 20.8. The van der Waals surface area contributed by atoms with E-state index in [-0.39, 0.29) is 30.0 Å². The fourth-order valence-electron chi connectivity index (χ4n) is 4.70. The van der Waals surface area contributed by atoms with Gasteiger partial charge in [-0.25, -0.2) is 9.18 Å². The van der Waals surface area contributed by atoms with Crippen LogP contribution in [0.15, 0.2) is 54.6 Å². The van der Waals surface area contributed by atoms with Crippen LogP contribution in [0.2, 0.25) is 0 Å². The molecular weight excluding hydrogens is 463 g/mol. The van der Waals surface area contributed by atoms with Gasteiger partial charge in [-0.2, -0.15) is 0 Å². The number of esters is 2. The lowest BCUT2D eigenvalue weighted by atomic mass is 9.74. The van der Waals surface area contributed by atoms with Crippen molar-refractivity contribution in [3.63, 3.8) is 0 Å². The molecule has 0 N–H and O–H groups in total. The maximum atomic E-state index is 13.0. The van der Waals surface area contributed by atoms with E-state index in [0.29, 0.717) is 37.0 Å². The molecule has 1 fully saturated rings. The second-order valence-corrected chi connectivity index (χ2v) is 9.45. The Morgan fingerprint density at radius 2 is 1.75 bits per heavy atom. The highest BCUT2D eigenvalue weighted by Gasteiger charge is 2.39. The molecule has 0 unspecified atom stereocenters. The number of carbonyl (C=O) groups is 2.